The molecule has 3 unspecified atom stereocenters. The highest BCUT2D eigenvalue weighted by atomic mass is 16.4. The number of nitrogens with zero attached hydrogens (tertiary/aromatic N) is 1. The first-order valence-corrected chi connectivity index (χ1v) is 6.73. The summed E-state index contributed by atoms with van der Waals surface area (Å²) in [7, 11) is 0. The molecule has 1 saturated heterocycles. The molecule has 18 heavy (non-hydrogen) atoms. The Balaban J connectivity index is 1.92. The van der Waals surface area contributed by atoms with Crippen molar-refractivity contribution >= 4 is 11.9 Å². The SMILES string of the molecule is CC1CC(C(=O)O)CN(C(=O)CC2C=CCC2)C1. The highest BCUT2D eigenvalue weighted by Gasteiger charge is 2.32. The number of amides is 1. The van der Waals surface area contributed by atoms with E-state index in [9.17, 15) is 9.59 Å². The van der Waals surface area contributed by atoms with E-state index in [2.05, 4.69) is 12.2 Å². The van der Waals surface area contributed by atoms with Crippen molar-refractivity contribution in [1.82, 2.24) is 4.90 Å². The molecular formula is C14H21NO3. The monoisotopic (exact) mass is 251 g/mol. The van der Waals surface area contributed by atoms with Gasteiger partial charge in [0.2, 0.25) is 5.91 Å². The number of carboxylic acid groups (broad SMARTS) is 1. The van der Waals surface area contributed by atoms with Gasteiger partial charge in [0.25, 0.3) is 0 Å². The number of aliphatic carboxylic acids is 1. The van der Waals surface area contributed by atoms with E-state index in [1.54, 1.807) is 4.90 Å². The smallest absolute Gasteiger partial charge is 0.308 e. The maximum absolute atomic E-state index is 12.2. The molecule has 2 rings (SSSR count). The molecule has 0 aromatic heterocycles. The summed E-state index contributed by atoms with van der Waals surface area (Å²) in [5.74, 6) is -0.415. The highest BCUT2D eigenvalue weighted by molar-refractivity contribution is 5.78. The standard InChI is InChI=1S/C14H21NO3/c1-10-6-12(14(17)18)9-15(8-10)13(16)7-11-4-2-3-5-11/h2,4,10-12H,3,5-9H2,1H3,(H,17,18). The van der Waals surface area contributed by atoms with Gasteiger partial charge in [-0.1, -0.05) is 19.1 Å². The second-order valence-electron chi connectivity index (χ2n) is 5.64. The Hall–Kier alpha value is -1.32. The molecule has 100 valence electrons. The minimum atomic E-state index is -0.778. The van der Waals surface area contributed by atoms with Gasteiger partial charge in [0.15, 0.2) is 0 Å². The fourth-order valence-electron chi connectivity index (χ4n) is 2.95. The van der Waals surface area contributed by atoms with Gasteiger partial charge in [-0.2, -0.15) is 0 Å². The van der Waals surface area contributed by atoms with Gasteiger partial charge in [-0.05, 0) is 31.1 Å². The third-order valence-electron chi connectivity index (χ3n) is 3.91. The number of hydrogen-bond acceptors (Lipinski definition) is 2. The molecule has 0 spiro atoms. The molecule has 4 nitrogen and oxygen atoms in total. The molecule has 4 heteroatoms. The Morgan fingerprint density at radius 2 is 2.17 bits per heavy atom. The van der Waals surface area contributed by atoms with E-state index >= 15 is 0 Å². The van der Waals surface area contributed by atoms with Crippen LogP contribution < -0.4 is 0 Å². The van der Waals surface area contributed by atoms with Crippen molar-refractivity contribution in [3.05, 3.63) is 12.2 Å². The summed E-state index contributed by atoms with van der Waals surface area (Å²) in [4.78, 5) is 25.0. The van der Waals surface area contributed by atoms with Gasteiger partial charge < -0.3 is 10.0 Å². The summed E-state index contributed by atoms with van der Waals surface area (Å²) in [6, 6.07) is 0. The molecule has 1 aliphatic carbocycles. The van der Waals surface area contributed by atoms with Crippen LogP contribution in [0.1, 0.15) is 32.6 Å². The van der Waals surface area contributed by atoms with E-state index in [4.69, 9.17) is 5.11 Å². The van der Waals surface area contributed by atoms with Gasteiger partial charge in [0.1, 0.15) is 0 Å². The van der Waals surface area contributed by atoms with E-state index in [1.165, 1.54) is 0 Å². The Morgan fingerprint density at radius 1 is 1.39 bits per heavy atom. The summed E-state index contributed by atoms with van der Waals surface area (Å²) in [5, 5.41) is 9.09. The fraction of sp³-hybridized carbons (Fsp3) is 0.714. The maximum Gasteiger partial charge on any atom is 0.308 e. The lowest BCUT2D eigenvalue weighted by Crippen LogP contribution is -2.45. The lowest BCUT2D eigenvalue weighted by molar-refractivity contribution is -0.147. The summed E-state index contributed by atoms with van der Waals surface area (Å²) in [5.41, 5.74) is 0. The zero-order valence-corrected chi connectivity index (χ0v) is 10.8. The van der Waals surface area contributed by atoms with Crippen molar-refractivity contribution in [2.24, 2.45) is 17.8 Å². The molecule has 0 aromatic carbocycles. The van der Waals surface area contributed by atoms with Crippen molar-refractivity contribution in [2.45, 2.75) is 32.6 Å². The molecule has 0 radical (unpaired) electrons. The number of carbonyl (C=O) groups is 2. The number of hydrogen-bond donors (Lipinski definition) is 1. The van der Waals surface area contributed by atoms with E-state index < -0.39 is 11.9 Å². The summed E-state index contributed by atoms with van der Waals surface area (Å²) in [6.07, 6.45) is 7.57. The first kappa shape index (κ1) is 13.1. The van der Waals surface area contributed by atoms with Gasteiger partial charge in [-0.3, -0.25) is 9.59 Å². The van der Waals surface area contributed by atoms with Crippen LogP contribution in [-0.4, -0.2) is 35.0 Å². The number of rotatable bonds is 3. The van der Waals surface area contributed by atoms with Crippen molar-refractivity contribution < 1.29 is 14.7 Å². The van der Waals surface area contributed by atoms with Crippen LogP contribution in [0.15, 0.2) is 12.2 Å². The lowest BCUT2D eigenvalue weighted by atomic mass is 9.90. The second-order valence-corrected chi connectivity index (χ2v) is 5.64. The van der Waals surface area contributed by atoms with Gasteiger partial charge >= 0.3 is 5.97 Å². The molecule has 1 N–H and O–H groups in total. The number of likely N-dealkylation sites (tertiary alicyclic amines) is 1. The Morgan fingerprint density at radius 3 is 2.78 bits per heavy atom. The van der Waals surface area contributed by atoms with Crippen LogP contribution in [0.25, 0.3) is 0 Å². The topological polar surface area (TPSA) is 57.6 Å². The third kappa shape index (κ3) is 3.12. The van der Waals surface area contributed by atoms with E-state index in [1.807, 2.05) is 6.92 Å². The molecule has 1 heterocycles. The maximum atomic E-state index is 12.2. The van der Waals surface area contributed by atoms with Gasteiger partial charge in [-0.25, -0.2) is 0 Å². The van der Waals surface area contributed by atoms with Crippen LogP contribution >= 0.6 is 0 Å². The molecule has 0 aromatic rings. The molecule has 1 fully saturated rings. The van der Waals surface area contributed by atoms with Crippen molar-refractivity contribution in [2.75, 3.05) is 13.1 Å². The summed E-state index contributed by atoms with van der Waals surface area (Å²) in [6.45, 7) is 3.11. The van der Waals surface area contributed by atoms with E-state index in [0.29, 0.717) is 31.8 Å². The fourth-order valence-corrected chi connectivity index (χ4v) is 2.95. The molecule has 0 bridgehead atoms. The minimum absolute atomic E-state index is 0.115. The third-order valence-corrected chi connectivity index (χ3v) is 3.91. The molecule has 0 saturated carbocycles. The van der Waals surface area contributed by atoms with Crippen LogP contribution in [0.3, 0.4) is 0 Å². The highest BCUT2D eigenvalue weighted by Crippen LogP contribution is 2.25. The van der Waals surface area contributed by atoms with Gasteiger partial charge in [-0.15, -0.1) is 0 Å². The van der Waals surface area contributed by atoms with Crippen molar-refractivity contribution in [3.63, 3.8) is 0 Å². The number of allylic oxidation sites excluding steroid dienone is 2. The molecule has 2 aliphatic rings. The Kier molecular flexibility index (Phi) is 4.04. The number of piperidine rings is 1. The Labute approximate surface area is 108 Å². The van der Waals surface area contributed by atoms with Crippen molar-refractivity contribution in [1.29, 1.82) is 0 Å². The summed E-state index contributed by atoms with van der Waals surface area (Å²) >= 11 is 0. The quantitative estimate of drug-likeness (QED) is 0.779. The molecule has 1 aliphatic heterocycles. The first-order chi connectivity index (χ1) is 8.56. The largest absolute Gasteiger partial charge is 0.481 e. The lowest BCUT2D eigenvalue weighted by Gasteiger charge is -2.35. The zero-order chi connectivity index (χ0) is 13.1. The van der Waals surface area contributed by atoms with Crippen molar-refractivity contribution in [3.8, 4) is 0 Å². The number of carbonyl (C=O) groups excluding carboxylic acids is 1. The molecule has 1 amide bonds. The van der Waals surface area contributed by atoms with E-state index in [0.717, 1.165) is 12.8 Å². The first-order valence-electron chi connectivity index (χ1n) is 6.73. The van der Waals surface area contributed by atoms with Crippen LogP contribution in [0.5, 0.6) is 0 Å². The minimum Gasteiger partial charge on any atom is -0.481 e. The van der Waals surface area contributed by atoms with Crippen LogP contribution in [-0.2, 0) is 9.59 Å². The predicted octanol–water partition coefficient (Wildman–Crippen LogP) is 1.91. The van der Waals surface area contributed by atoms with Gasteiger partial charge in [0.05, 0.1) is 5.92 Å². The average molecular weight is 251 g/mol. The normalized spacial score (nSPS) is 31.6. The second kappa shape index (κ2) is 5.55. The zero-order valence-electron chi connectivity index (χ0n) is 10.8. The summed E-state index contributed by atoms with van der Waals surface area (Å²) < 4.78 is 0. The Bertz CT molecular complexity index is 364. The van der Waals surface area contributed by atoms with Crippen LogP contribution in [0.2, 0.25) is 0 Å². The average Bonchev–Trinajstić information content (AvgIpc) is 2.80. The van der Waals surface area contributed by atoms with Gasteiger partial charge in [0, 0.05) is 19.5 Å². The molecule has 3 atom stereocenters. The van der Waals surface area contributed by atoms with Crippen LogP contribution in [0.4, 0.5) is 0 Å². The van der Waals surface area contributed by atoms with E-state index in [-0.39, 0.29) is 11.8 Å². The van der Waals surface area contributed by atoms with Crippen LogP contribution in [0, 0.1) is 17.8 Å². The molecular weight excluding hydrogens is 230 g/mol. The predicted molar refractivity (Wildman–Crippen MR) is 68.0 cm³/mol. The number of carboxylic acids is 1.